The lowest BCUT2D eigenvalue weighted by molar-refractivity contribution is -0.146. The average molecular weight is 263 g/mol. The molecule has 5 heteroatoms. The Morgan fingerprint density at radius 3 is 1.82 bits per heavy atom. The smallest absolute Gasteiger partial charge is 0.345 e. The molecule has 0 bridgehead atoms. The Morgan fingerprint density at radius 1 is 1.12 bits per heavy atom. The fraction of sp³-hybridized carbons (Fsp3) is 0.667. The summed E-state index contributed by atoms with van der Waals surface area (Å²) in [6, 6.07) is 0. The van der Waals surface area contributed by atoms with Gasteiger partial charge in [-0.05, 0) is 19.3 Å². The number of carbonyl (C=O) groups excluding carboxylic acids is 2. The number of esters is 2. The lowest BCUT2D eigenvalue weighted by Crippen LogP contribution is -2.22. The number of ether oxygens (including phenoxy) is 2. The molecule has 0 aromatic carbocycles. The Morgan fingerprint density at radius 2 is 1.53 bits per heavy atom. The van der Waals surface area contributed by atoms with Crippen LogP contribution in [0.1, 0.15) is 27.7 Å². The third-order valence-electron chi connectivity index (χ3n) is 1.87. The van der Waals surface area contributed by atoms with Crippen LogP contribution >= 0.6 is 11.6 Å². The maximum atomic E-state index is 11.6. The molecule has 0 aromatic heterocycles. The first-order valence-electron chi connectivity index (χ1n) is 5.51. The molecule has 0 aliphatic heterocycles. The Labute approximate surface area is 107 Å². The molecule has 0 amide bonds. The van der Waals surface area contributed by atoms with Crippen molar-refractivity contribution < 1.29 is 19.1 Å². The van der Waals surface area contributed by atoms with E-state index in [0.29, 0.717) is 0 Å². The molecular weight excluding hydrogens is 244 g/mol. The molecule has 0 aromatic rings. The highest BCUT2D eigenvalue weighted by atomic mass is 35.5. The van der Waals surface area contributed by atoms with Crippen LogP contribution in [0.3, 0.4) is 0 Å². The van der Waals surface area contributed by atoms with Crippen LogP contribution in [0.2, 0.25) is 0 Å². The van der Waals surface area contributed by atoms with Crippen molar-refractivity contribution in [3.8, 4) is 0 Å². The number of hydrogen-bond acceptors (Lipinski definition) is 4. The summed E-state index contributed by atoms with van der Waals surface area (Å²) in [7, 11) is 0. The van der Waals surface area contributed by atoms with Gasteiger partial charge in [0.15, 0.2) is 0 Å². The molecule has 0 heterocycles. The van der Waals surface area contributed by atoms with Crippen molar-refractivity contribution >= 4 is 23.5 Å². The van der Waals surface area contributed by atoms with Crippen LogP contribution in [0.4, 0.5) is 0 Å². The van der Waals surface area contributed by atoms with E-state index in [9.17, 15) is 9.59 Å². The second kappa shape index (κ2) is 7.33. The van der Waals surface area contributed by atoms with E-state index in [2.05, 4.69) is 0 Å². The van der Waals surface area contributed by atoms with E-state index < -0.39 is 17.4 Å². The largest absolute Gasteiger partial charge is 0.462 e. The number of allylic oxidation sites excluding steroid dienone is 1. The van der Waals surface area contributed by atoms with Gasteiger partial charge in [-0.15, -0.1) is 11.6 Å². The summed E-state index contributed by atoms with van der Waals surface area (Å²) in [5.74, 6) is -1.07. The molecule has 0 saturated heterocycles. The van der Waals surface area contributed by atoms with Crippen LogP contribution in [0.15, 0.2) is 11.6 Å². The Bertz CT molecular complexity index is 288. The Hall–Kier alpha value is -1.03. The summed E-state index contributed by atoms with van der Waals surface area (Å²) in [5, 5.41) is 0. The van der Waals surface area contributed by atoms with Crippen molar-refractivity contribution in [2.45, 2.75) is 27.7 Å². The highest BCUT2D eigenvalue weighted by molar-refractivity contribution is 6.19. The monoisotopic (exact) mass is 262 g/mol. The fourth-order valence-corrected chi connectivity index (χ4v) is 1.13. The van der Waals surface area contributed by atoms with E-state index in [4.69, 9.17) is 21.1 Å². The normalized spacial score (nSPS) is 10.6. The number of halogens is 1. The maximum absolute atomic E-state index is 11.6. The second-order valence-corrected chi connectivity index (χ2v) is 4.39. The topological polar surface area (TPSA) is 52.6 Å². The van der Waals surface area contributed by atoms with E-state index in [1.807, 2.05) is 13.8 Å². The van der Waals surface area contributed by atoms with Crippen LogP contribution in [-0.2, 0) is 19.1 Å². The minimum absolute atomic E-state index is 0.0978. The minimum Gasteiger partial charge on any atom is -0.462 e. The first-order valence-corrected chi connectivity index (χ1v) is 6.04. The van der Waals surface area contributed by atoms with Crippen LogP contribution in [0.25, 0.3) is 0 Å². The zero-order valence-corrected chi connectivity index (χ0v) is 11.5. The van der Waals surface area contributed by atoms with Crippen molar-refractivity contribution in [1.29, 1.82) is 0 Å². The highest BCUT2D eigenvalue weighted by Gasteiger charge is 2.25. The first kappa shape index (κ1) is 16.0. The Kier molecular flexibility index (Phi) is 6.88. The number of rotatable bonds is 6. The lowest BCUT2D eigenvalue weighted by Gasteiger charge is -2.17. The lowest BCUT2D eigenvalue weighted by atomic mass is 9.93. The van der Waals surface area contributed by atoms with E-state index in [1.165, 1.54) is 6.08 Å². The predicted molar refractivity (Wildman–Crippen MR) is 65.9 cm³/mol. The molecule has 0 aliphatic rings. The van der Waals surface area contributed by atoms with Crippen molar-refractivity contribution in [2.75, 3.05) is 19.1 Å². The summed E-state index contributed by atoms with van der Waals surface area (Å²) >= 11 is 5.75. The van der Waals surface area contributed by atoms with Gasteiger partial charge in [0.1, 0.15) is 5.57 Å². The number of alkyl halides is 1. The summed E-state index contributed by atoms with van der Waals surface area (Å²) in [6.45, 7) is 7.39. The van der Waals surface area contributed by atoms with Crippen LogP contribution < -0.4 is 0 Å². The van der Waals surface area contributed by atoms with Gasteiger partial charge in [-0.25, -0.2) is 9.59 Å². The van der Waals surface area contributed by atoms with Gasteiger partial charge >= 0.3 is 11.9 Å². The van der Waals surface area contributed by atoms with Crippen molar-refractivity contribution in [3.63, 3.8) is 0 Å². The molecule has 0 spiro atoms. The summed E-state index contributed by atoms with van der Waals surface area (Å²) in [6.07, 6.45) is 1.50. The number of carbonyl (C=O) groups is 2. The summed E-state index contributed by atoms with van der Waals surface area (Å²) < 4.78 is 9.62. The standard InChI is InChI=1S/C12H19ClO4/c1-5-16-10(14)9(11(15)17-6-2)7-12(3,4)8-13/h7H,5-6,8H2,1-4H3. The summed E-state index contributed by atoms with van der Waals surface area (Å²) in [5.41, 5.74) is -0.574. The molecule has 0 atom stereocenters. The molecule has 0 radical (unpaired) electrons. The van der Waals surface area contributed by atoms with Crippen molar-refractivity contribution in [2.24, 2.45) is 5.41 Å². The third-order valence-corrected chi connectivity index (χ3v) is 2.56. The molecule has 0 fully saturated rings. The maximum Gasteiger partial charge on any atom is 0.345 e. The molecule has 0 rings (SSSR count). The summed E-state index contributed by atoms with van der Waals surface area (Å²) in [4.78, 5) is 23.2. The third kappa shape index (κ3) is 5.73. The van der Waals surface area contributed by atoms with Gasteiger partial charge in [0.2, 0.25) is 0 Å². The quantitative estimate of drug-likeness (QED) is 0.242. The van der Waals surface area contributed by atoms with Gasteiger partial charge in [-0.3, -0.25) is 0 Å². The van der Waals surface area contributed by atoms with Gasteiger partial charge in [0.05, 0.1) is 13.2 Å². The highest BCUT2D eigenvalue weighted by Crippen LogP contribution is 2.22. The van der Waals surface area contributed by atoms with Crippen LogP contribution in [0.5, 0.6) is 0 Å². The van der Waals surface area contributed by atoms with Gasteiger partial charge < -0.3 is 9.47 Å². The second-order valence-electron chi connectivity index (χ2n) is 4.12. The molecule has 0 saturated carbocycles. The van der Waals surface area contributed by atoms with E-state index in [1.54, 1.807) is 13.8 Å². The van der Waals surface area contributed by atoms with E-state index in [-0.39, 0.29) is 24.7 Å². The van der Waals surface area contributed by atoms with Crippen molar-refractivity contribution in [1.82, 2.24) is 0 Å². The average Bonchev–Trinajstić information content (AvgIpc) is 2.26. The van der Waals surface area contributed by atoms with E-state index >= 15 is 0 Å². The number of hydrogen-bond donors (Lipinski definition) is 0. The predicted octanol–water partition coefficient (Wildman–Crippen LogP) is 2.30. The molecular formula is C12H19ClO4. The van der Waals surface area contributed by atoms with Crippen LogP contribution in [0, 0.1) is 5.41 Å². The molecule has 4 nitrogen and oxygen atoms in total. The molecule has 98 valence electrons. The van der Waals surface area contributed by atoms with E-state index in [0.717, 1.165) is 0 Å². The Balaban J connectivity index is 5.10. The van der Waals surface area contributed by atoms with Gasteiger partial charge in [-0.1, -0.05) is 19.9 Å². The van der Waals surface area contributed by atoms with Gasteiger partial charge in [0, 0.05) is 5.88 Å². The molecule has 0 aliphatic carbocycles. The first-order chi connectivity index (χ1) is 7.87. The zero-order valence-electron chi connectivity index (χ0n) is 10.7. The zero-order chi connectivity index (χ0) is 13.5. The van der Waals surface area contributed by atoms with Gasteiger partial charge in [-0.2, -0.15) is 0 Å². The molecule has 17 heavy (non-hydrogen) atoms. The SMILES string of the molecule is CCOC(=O)C(=CC(C)(C)CCl)C(=O)OCC. The minimum atomic E-state index is -0.677. The fourth-order valence-electron chi connectivity index (χ4n) is 1.05. The van der Waals surface area contributed by atoms with Gasteiger partial charge in [0.25, 0.3) is 0 Å². The molecule has 0 N–H and O–H groups in total. The van der Waals surface area contributed by atoms with Crippen LogP contribution in [-0.4, -0.2) is 31.0 Å². The molecule has 0 unspecified atom stereocenters. The van der Waals surface area contributed by atoms with Crippen molar-refractivity contribution in [3.05, 3.63) is 11.6 Å².